The zero-order valence-electron chi connectivity index (χ0n) is 11.3. The molecule has 1 unspecified atom stereocenters. The molecular formula is C14H21N3. The van der Waals surface area contributed by atoms with Gasteiger partial charge in [0.1, 0.15) is 11.9 Å². The second-order valence-electron chi connectivity index (χ2n) is 5.61. The van der Waals surface area contributed by atoms with Gasteiger partial charge in [0.25, 0.3) is 0 Å². The highest BCUT2D eigenvalue weighted by molar-refractivity contribution is 5.52. The maximum atomic E-state index is 9.00. The van der Waals surface area contributed by atoms with Crippen molar-refractivity contribution in [3.63, 3.8) is 0 Å². The number of aryl methyl sites for hydroxylation is 1. The molecule has 0 saturated heterocycles. The molecule has 1 aromatic rings. The van der Waals surface area contributed by atoms with Gasteiger partial charge in [-0.2, -0.15) is 5.26 Å². The van der Waals surface area contributed by atoms with E-state index in [2.05, 4.69) is 44.1 Å². The molecule has 1 atom stereocenters. The van der Waals surface area contributed by atoms with Crippen molar-refractivity contribution < 1.29 is 0 Å². The fourth-order valence-electron chi connectivity index (χ4n) is 1.34. The monoisotopic (exact) mass is 231 g/mol. The Morgan fingerprint density at radius 2 is 2.06 bits per heavy atom. The molecule has 0 aromatic carbocycles. The first-order chi connectivity index (χ1) is 7.84. The molecule has 0 aliphatic carbocycles. The molecule has 0 amide bonds. The quantitative estimate of drug-likeness (QED) is 0.867. The first-order valence-corrected chi connectivity index (χ1v) is 5.96. The van der Waals surface area contributed by atoms with E-state index in [0.717, 1.165) is 12.2 Å². The van der Waals surface area contributed by atoms with Gasteiger partial charge in [-0.05, 0) is 30.4 Å². The molecule has 92 valence electrons. The summed E-state index contributed by atoms with van der Waals surface area (Å²) in [7, 11) is 0. The van der Waals surface area contributed by atoms with Crippen LogP contribution in [0, 0.1) is 29.6 Å². The molecule has 0 spiro atoms. The largest absolute Gasteiger partial charge is 0.369 e. The van der Waals surface area contributed by atoms with Gasteiger partial charge in [0, 0.05) is 12.2 Å². The van der Waals surface area contributed by atoms with Crippen LogP contribution >= 0.6 is 0 Å². The molecule has 1 N–H and O–H groups in total. The van der Waals surface area contributed by atoms with E-state index >= 15 is 0 Å². The Bertz CT molecular complexity index is 424. The highest BCUT2D eigenvalue weighted by atomic mass is 15.0. The summed E-state index contributed by atoms with van der Waals surface area (Å²) >= 11 is 0. The third-order valence-electron chi connectivity index (χ3n) is 3.21. The summed E-state index contributed by atoms with van der Waals surface area (Å²) in [6, 6.07) is 5.83. The van der Waals surface area contributed by atoms with Crippen LogP contribution in [0.4, 0.5) is 5.82 Å². The number of nitriles is 1. The number of nitrogens with zero attached hydrogens (tertiary/aromatic N) is 2. The Kier molecular flexibility index (Phi) is 4.11. The highest BCUT2D eigenvalue weighted by Gasteiger charge is 2.20. The lowest BCUT2D eigenvalue weighted by Crippen LogP contribution is -2.25. The van der Waals surface area contributed by atoms with Crippen molar-refractivity contribution in [3.05, 3.63) is 23.4 Å². The third kappa shape index (κ3) is 3.74. The molecule has 0 saturated carbocycles. The van der Waals surface area contributed by atoms with Crippen LogP contribution < -0.4 is 5.32 Å². The second-order valence-corrected chi connectivity index (χ2v) is 5.61. The number of rotatable bonds is 3. The van der Waals surface area contributed by atoms with Crippen molar-refractivity contribution in [2.24, 2.45) is 11.3 Å². The lowest BCUT2D eigenvalue weighted by molar-refractivity contribution is 0.274. The van der Waals surface area contributed by atoms with E-state index in [9.17, 15) is 0 Å². The predicted octanol–water partition coefficient (Wildman–Crippen LogP) is 3.36. The zero-order valence-corrected chi connectivity index (χ0v) is 11.3. The van der Waals surface area contributed by atoms with E-state index in [4.69, 9.17) is 5.26 Å². The minimum absolute atomic E-state index is 0.254. The molecule has 0 radical (unpaired) electrons. The summed E-state index contributed by atoms with van der Waals surface area (Å²) in [6.07, 6.45) is 0. The highest BCUT2D eigenvalue weighted by Crippen LogP contribution is 2.25. The molecule has 1 heterocycles. The van der Waals surface area contributed by atoms with Crippen LogP contribution in [0.3, 0.4) is 0 Å². The number of pyridine rings is 1. The second kappa shape index (κ2) is 5.18. The minimum atomic E-state index is 0.254. The van der Waals surface area contributed by atoms with Crippen molar-refractivity contribution in [3.8, 4) is 6.07 Å². The van der Waals surface area contributed by atoms with Gasteiger partial charge < -0.3 is 5.32 Å². The Balaban J connectivity index is 2.76. The lowest BCUT2D eigenvalue weighted by Gasteiger charge is -2.27. The maximum Gasteiger partial charge on any atom is 0.144 e. The smallest absolute Gasteiger partial charge is 0.144 e. The molecular weight excluding hydrogens is 210 g/mol. The Morgan fingerprint density at radius 1 is 1.41 bits per heavy atom. The van der Waals surface area contributed by atoms with Gasteiger partial charge in [-0.3, -0.25) is 0 Å². The van der Waals surface area contributed by atoms with Gasteiger partial charge in [0.05, 0.1) is 5.56 Å². The van der Waals surface area contributed by atoms with E-state index in [-0.39, 0.29) is 5.41 Å². The number of hydrogen-bond acceptors (Lipinski definition) is 3. The van der Waals surface area contributed by atoms with Crippen LogP contribution in [0.2, 0.25) is 0 Å². The van der Waals surface area contributed by atoms with Crippen molar-refractivity contribution in [2.45, 2.75) is 34.6 Å². The summed E-state index contributed by atoms with van der Waals surface area (Å²) < 4.78 is 0. The molecule has 0 aliphatic heterocycles. The lowest BCUT2D eigenvalue weighted by atomic mass is 9.82. The summed E-state index contributed by atoms with van der Waals surface area (Å²) in [4.78, 5) is 4.36. The van der Waals surface area contributed by atoms with E-state index in [1.807, 2.05) is 19.1 Å². The molecule has 1 rings (SSSR count). The molecule has 1 aromatic heterocycles. The molecule has 17 heavy (non-hydrogen) atoms. The third-order valence-corrected chi connectivity index (χ3v) is 3.21. The Hall–Kier alpha value is -1.56. The van der Waals surface area contributed by atoms with Crippen molar-refractivity contribution in [1.82, 2.24) is 4.98 Å². The average Bonchev–Trinajstić information content (AvgIpc) is 2.24. The fraction of sp³-hybridized carbons (Fsp3) is 0.571. The average molecular weight is 231 g/mol. The summed E-state index contributed by atoms with van der Waals surface area (Å²) in [5, 5.41) is 12.3. The van der Waals surface area contributed by atoms with E-state index in [1.54, 1.807) is 0 Å². The summed E-state index contributed by atoms with van der Waals surface area (Å²) in [6.45, 7) is 11.6. The van der Waals surface area contributed by atoms with Gasteiger partial charge in [0.15, 0.2) is 0 Å². The van der Waals surface area contributed by atoms with Gasteiger partial charge in [-0.15, -0.1) is 0 Å². The number of aromatic nitrogens is 1. The zero-order chi connectivity index (χ0) is 13.1. The van der Waals surface area contributed by atoms with Crippen LogP contribution in [0.1, 0.15) is 39.0 Å². The van der Waals surface area contributed by atoms with Gasteiger partial charge in [-0.1, -0.05) is 27.7 Å². The Morgan fingerprint density at radius 3 is 2.59 bits per heavy atom. The first-order valence-electron chi connectivity index (χ1n) is 5.96. The number of hydrogen-bond donors (Lipinski definition) is 1. The fourth-order valence-corrected chi connectivity index (χ4v) is 1.34. The Labute approximate surface area is 104 Å². The molecule has 3 heteroatoms. The van der Waals surface area contributed by atoms with Crippen molar-refractivity contribution >= 4 is 5.82 Å². The molecule has 3 nitrogen and oxygen atoms in total. The van der Waals surface area contributed by atoms with E-state index in [1.165, 1.54) is 0 Å². The SMILES string of the molecule is Cc1ccc(C#N)c(NCC(C)C(C)(C)C)n1. The van der Waals surface area contributed by atoms with Crippen molar-refractivity contribution in [2.75, 3.05) is 11.9 Å². The van der Waals surface area contributed by atoms with Gasteiger partial charge in [0.2, 0.25) is 0 Å². The predicted molar refractivity (Wildman–Crippen MR) is 70.8 cm³/mol. The number of nitrogens with one attached hydrogen (secondary N) is 1. The molecule has 0 aliphatic rings. The first kappa shape index (κ1) is 13.5. The normalized spacial score (nSPS) is 12.9. The number of anilines is 1. The minimum Gasteiger partial charge on any atom is -0.369 e. The van der Waals surface area contributed by atoms with Gasteiger partial charge >= 0.3 is 0 Å². The standard InChI is InChI=1S/C14H21N3/c1-10(14(3,4)5)9-16-13-12(8-15)7-6-11(2)17-13/h6-7,10H,9H2,1-5H3,(H,16,17). The maximum absolute atomic E-state index is 9.00. The van der Waals surface area contributed by atoms with Crippen LogP contribution in [-0.4, -0.2) is 11.5 Å². The summed E-state index contributed by atoms with van der Waals surface area (Å²) in [5.74, 6) is 1.21. The molecule has 0 fully saturated rings. The van der Waals surface area contributed by atoms with E-state index in [0.29, 0.717) is 17.3 Å². The van der Waals surface area contributed by atoms with E-state index < -0.39 is 0 Å². The van der Waals surface area contributed by atoms with Crippen LogP contribution in [0.25, 0.3) is 0 Å². The van der Waals surface area contributed by atoms with Crippen molar-refractivity contribution in [1.29, 1.82) is 5.26 Å². The summed E-state index contributed by atoms with van der Waals surface area (Å²) in [5.41, 5.74) is 1.79. The van der Waals surface area contributed by atoms with Crippen LogP contribution in [0.5, 0.6) is 0 Å². The van der Waals surface area contributed by atoms with Gasteiger partial charge in [-0.25, -0.2) is 4.98 Å². The topological polar surface area (TPSA) is 48.7 Å². The molecule has 0 bridgehead atoms. The van der Waals surface area contributed by atoms with Crippen LogP contribution in [0.15, 0.2) is 12.1 Å². The van der Waals surface area contributed by atoms with Crippen LogP contribution in [-0.2, 0) is 0 Å².